The van der Waals surface area contributed by atoms with Crippen LogP contribution in [0.1, 0.15) is 11.1 Å². The number of aliphatic imine (C=N–C) groups is 1. The van der Waals surface area contributed by atoms with Crippen molar-refractivity contribution in [2.45, 2.75) is 0 Å². The Bertz CT molecular complexity index is 845. The fourth-order valence-corrected chi connectivity index (χ4v) is 2.72. The summed E-state index contributed by atoms with van der Waals surface area (Å²) in [7, 11) is 1.57. The van der Waals surface area contributed by atoms with E-state index in [0.717, 1.165) is 10.0 Å². The standard InChI is InChI=1S/C17H11BrClNO3/c1-22-15-7-6-11(18)8-10(15)9-14-17(21)23-16(20-14)12-4-2-3-5-13(12)19/h2-9H,1H3. The average Bonchev–Trinajstić information content (AvgIpc) is 2.89. The second kappa shape index (κ2) is 6.56. The van der Waals surface area contributed by atoms with Crippen molar-refractivity contribution in [1.82, 2.24) is 0 Å². The Morgan fingerprint density at radius 2 is 2.04 bits per heavy atom. The summed E-state index contributed by atoms with van der Waals surface area (Å²) in [5.74, 6) is 0.303. The van der Waals surface area contributed by atoms with E-state index >= 15 is 0 Å². The first kappa shape index (κ1) is 15.8. The number of rotatable bonds is 3. The number of carbonyl (C=O) groups excluding carboxylic acids is 1. The minimum atomic E-state index is -0.526. The van der Waals surface area contributed by atoms with E-state index in [4.69, 9.17) is 21.1 Å². The van der Waals surface area contributed by atoms with Gasteiger partial charge in [0.1, 0.15) is 5.75 Å². The molecule has 4 nitrogen and oxygen atoms in total. The molecule has 0 amide bonds. The van der Waals surface area contributed by atoms with E-state index in [1.807, 2.05) is 12.1 Å². The van der Waals surface area contributed by atoms with Crippen molar-refractivity contribution in [3.8, 4) is 5.75 Å². The normalized spacial score (nSPS) is 15.5. The molecule has 0 fully saturated rings. The number of hydrogen-bond donors (Lipinski definition) is 0. The minimum absolute atomic E-state index is 0.191. The summed E-state index contributed by atoms with van der Waals surface area (Å²) in [6.07, 6.45) is 1.62. The zero-order valence-electron chi connectivity index (χ0n) is 12.0. The van der Waals surface area contributed by atoms with Gasteiger partial charge in [-0.15, -0.1) is 0 Å². The van der Waals surface area contributed by atoms with Gasteiger partial charge in [0.15, 0.2) is 5.70 Å². The van der Waals surface area contributed by atoms with Crippen molar-refractivity contribution in [3.63, 3.8) is 0 Å². The van der Waals surface area contributed by atoms with Gasteiger partial charge in [-0.3, -0.25) is 0 Å². The Hall–Kier alpha value is -2.11. The highest BCUT2D eigenvalue weighted by molar-refractivity contribution is 9.10. The summed E-state index contributed by atoms with van der Waals surface area (Å²) in [6, 6.07) is 12.6. The van der Waals surface area contributed by atoms with Crippen LogP contribution in [-0.2, 0) is 9.53 Å². The fourth-order valence-electron chi connectivity index (χ4n) is 2.12. The zero-order valence-corrected chi connectivity index (χ0v) is 14.4. The third-order valence-corrected chi connectivity index (χ3v) is 4.03. The van der Waals surface area contributed by atoms with Crippen LogP contribution in [0.4, 0.5) is 0 Å². The predicted molar refractivity (Wildman–Crippen MR) is 92.8 cm³/mol. The lowest BCUT2D eigenvalue weighted by Gasteiger charge is -2.04. The molecule has 0 unspecified atom stereocenters. The van der Waals surface area contributed by atoms with Gasteiger partial charge in [-0.25, -0.2) is 9.79 Å². The Morgan fingerprint density at radius 3 is 2.78 bits per heavy atom. The molecule has 1 aliphatic rings. The summed E-state index contributed by atoms with van der Waals surface area (Å²) in [4.78, 5) is 16.3. The number of benzene rings is 2. The van der Waals surface area contributed by atoms with Crippen LogP contribution in [0.15, 0.2) is 57.6 Å². The maximum atomic E-state index is 12.1. The zero-order chi connectivity index (χ0) is 16.4. The Kier molecular flexibility index (Phi) is 4.50. The quantitative estimate of drug-likeness (QED) is 0.572. The number of hydrogen-bond acceptors (Lipinski definition) is 4. The molecule has 116 valence electrons. The third kappa shape index (κ3) is 3.30. The molecule has 2 aromatic rings. The highest BCUT2D eigenvalue weighted by Gasteiger charge is 2.25. The van der Waals surface area contributed by atoms with Crippen molar-refractivity contribution in [3.05, 3.63) is 68.8 Å². The van der Waals surface area contributed by atoms with Crippen molar-refractivity contribution in [1.29, 1.82) is 0 Å². The van der Waals surface area contributed by atoms with Gasteiger partial charge in [0, 0.05) is 10.0 Å². The van der Waals surface area contributed by atoms with Gasteiger partial charge in [0.05, 0.1) is 17.7 Å². The lowest BCUT2D eigenvalue weighted by atomic mass is 10.1. The van der Waals surface area contributed by atoms with Crippen molar-refractivity contribution < 1.29 is 14.3 Å². The molecule has 0 atom stereocenters. The molecule has 0 bridgehead atoms. The third-order valence-electron chi connectivity index (χ3n) is 3.21. The number of carbonyl (C=O) groups is 1. The number of ether oxygens (including phenoxy) is 2. The Morgan fingerprint density at radius 1 is 1.26 bits per heavy atom. The van der Waals surface area contributed by atoms with Crippen LogP contribution in [-0.4, -0.2) is 19.0 Å². The van der Waals surface area contributed by atoms with E-state index in [1.54, 1.807) is 43.5 Å². The summed E-state index contributed by atoms with van der Waals surface area (Å²) < 4.78 is 11.4. The Balaban J connectivity index is 2.02. The molecule has 1 heterocycles. The average molecular weight is 393 g/mol. The van der Waals surface area contributed by atoms with Gasteiger partial charge in [-0.05, 0) is 36.4 Å². The molecule has 0 radical (unpaired) electrons. The number of nitrogens with zero attached hydrogens (tertiary/aromatic N) is 1. The molecular weight excluding hydrogens is 382 g/mol. The molecule has 2 aromatic carbocycles. The lowest BCUT2D eigenvalue weighted by molar-refractivity contribution is -0.129. The maximum Gasteiger partial charge on any atom is 0.363 e. The maximum absolute atomic E-state index is 12.1. The molecule has 0 aromatic heterocycles. The molecular formula is C17H11BrClNO3. The topological polar surface area (TPSA) is 47.9 Å². The first-order valence-corrected chi connectivity index (χ1v) is 7.86. The van der Waals surface area contributed by atoms with E-state index in [2.05, 4.69) is 20.9 Å². The monoisotopic (exact) mass is 391 g/mol. The first-order chi connectivity index (χ1) is 11.1. The summed E-state index contributed by atoms with van der Waals surface area (Å²) in [5.41, 5.74) is 1.49. The highest BCUT2D eigenvalue weighted by Crippen LogP contribution is 2.28. The van der Waals surface area contributed by atoms with Gasteiger partial charge in [-0.1, -0.05) is 39.7 Å². The van der Waals surface area contributed by atoms with E-state index in [9.17, 15) is 4.79 Å². The second-order valence-corrected chi connectivity index (χ2v) is 6.03. The molecule has 0 aliphatic carbocycles. The van der Waals surface area contributed by atoms with E-state index in [-0.39, 0.29) is 11.6 Å². The smallest absolute Gasteiger partial charge is 0.363 e. The number of esters is 1. The van der Waals surface area contributed by atoms with E-state index in [0.29, 0.717) is 16.3 Å². The summed E-state index contributed by atoms with van der Waals surface area (Å²) in [6.45, 7) is 0. The van der Waals surface area contributed by atoms with Crippen LogP contribution < -0.4 is 4.74 Å². The van der Waals surface area contributed by atoms with Crippen LogP contribution in [0.2, 0.25) is 5.02 Å². The van der Waals surface area contributed by atoms with Crippen LogP contribution in [0.3, 0.4) is 0 Å². The largest absolute Gasteiger partial charge is 0.496 e. The SMILES string of the molecule is COc1ccc(Br)cc1C=C1N=C(c2ccccc2Cl)OC1=O. The molecule has 0 saturated heterocycles. The van der Waals surface area contributed by atoms with E-state index in [1.165, 1.54) is 0 Å². The van der Waals surface area contributed by atoms with E-state index < -0.39 is 5.97 Å². The van der Waals surface area contributed by atoms with Crippen LogP contribution in [0.5, 0.6) is 5.75 Å². The molecule has 6 heteroatoms. The predicted octanol–water partition coefficient (Wildman–Crippen LogP) is 4.46. The minimum Gasteiger partial charge on any atom is -0.496 e. The van der Waals surface area contributed by atoms with Crippen LogP contribution >= 0.6 is 27.5 Å². The summed E-state index contributed by atoms with van der Waals surface area (Å²) >= 11 is 9.50. The molecule has 0 N–H and O–H groups in total. The van der Waals surface area contributed by atoms with Crippen molar-refractivity contribution in [2.24, 2.45) is 4.99 Å². The second-order valence-electron chi connectivity index (χ2n) is 4.70. The van der Waals surface area contributed by atoms with Crippen LogP contribution in [0.25, 0.3) is 6.08 Å². The van der Waals surface area contributed by atoms with Crippen LogP contribution in [0, 0.1) is 0 Å². The fraction of sp³-hybridized carbons (Fsp3) is 0.0588. The van der Waals surface area contributed by atoms with Crippen molar-refractivity contribution in [2.75, 3.05) is 7.11 Å². The van der Waals surface area contributed by atoms with Gasteiger partial charge in [0.25, 0.3) is 0 Å². The van der Waals surface area contributed by atoms with Gasteiger partial charge in [-0.2, -0.15) is 0 Å². The molecule has 23 heavy (non-hydrogen) atoms. The van der Waals surface area contributed by atoms with Gasteiger partial charge < -0.3 is 9.47 Å². The number of halogens is 2. The molecule has 0 saturated carbocycles. The number of methoxy groups -OCH3 is 1. The number of cyclic esters (lactones) is 1. The first-order valence-electron chi connectivity index (χ1n) is 6.69. The lowest BCUT2D eigenvalue weighted by Crippen LogP contribution is -2.05. The Labute approximate surface area is 146 Å². The highest BCUT2D eigenvalue weighted by atomic mass is 79.9. The molecule has 1 aliphatic heterocycles. The molecule has 0 spiro atoms. The summed E-state index contributed by atoms with van der Waals surface area (Å²) in [5, 5.41) is 0.473. The van der Waals surface area contributed by atoms with Crippen molar-refractivity contribution >= 4 is 45.5 Å². The van der Waals surface area contributed by atoms with Gasteiger partial charge >= 0.3 is 5.97 Å². The molecule has 3 rings (SSSR count). The van der Waals surface area contributed by atoms with Gasteiger partial charge in [0.2, 0.25) is 5.90 Å².